The fourth-order valence-electron chi connectivity index (χ4n) is 2.30. The largest absolute Gasteiger partial charge is 0.347 e. The Labute approximate surface area is 162 Å². The average molecular weight is 405 g/mol. The molecule has 1 aromatic heterocycles. The maximum atomic E-state index is 13.5. The van der Waals surface area contributed by atoms with Gasteiger partial charge in [-0.15, -0.1) is 11.3 Å². The molecule has 2 aromatic carbocycles. The first-order chi connectivity index (χ1) is 13.4. The van der Waals surface area contributed by atoms with E-state index in [0.29, 0.717) is 23.2 Å². The third-order valence-electron chi connectivity index (χ3n) is 3.70. The summed E-state index contributed by atoms with van der Waals surface area (Å²) < 4.78 is 39.3. The molecule has 9 heteroatoms. The van der Waals surface area contributed by atoms with E-state index < -0.39 is 23.4 Å². The lowest BCUT2D eigenvalue weighted by Crippen LogP contribution is -2.36. The van der Waals surface area contributed by atoms with E-state index in [9.17, 15) is 22.8 Å². The highest BCUT2D eigenvalue weighted by Crippen LogP contribution is 2.24. The molecule has 0 aliphatic rings. The molecule has 0 spiro atoms. The highest BCUT2D eigenvalue weighted by molar-refractivity contribution is 7.13. The maximum Gasteiger partial charge on any atom is 0.313 e. The van der Waals surface area contributed by atoms with Crippen LogP contribution in [0.3, 0.4) is 0 Å². The molecule has 1 heterocycles. The molecule has 3 rings (SSSR count). The average Bonchev–Trinajstić information content (AvgIpc) is 3.13. The van der Waals surface area contributed by atoms with Gasteiger partial charge in [0, 0.05) is 30.0 Å². The second-order valence-corrected chi connectivity index (χ2v) is 6.59. The van der Waals surface area contributed by atoms with Gasteiger partial charge in [-0.25, -0.2) is 18.2 Å². The van der Waals surface area contributed by atoms with Gasteiger partial charge in [0.15, 0.2) is 0 Å². The Kier molecular flexibility index (Phi) is 6.05. The summed E-state index contributed by atoms with van der Waals surface area (Å²) in [6, 6.07) is 8.55. The summed E-state index contributed by atoms with van der Waals surface area (Å²) >= 11 is 1.38. The number of carbonyl (C=O) groups excluding carboxylic acids is 2. The van der Waals surface area contributed by atoms with E-state index in [1.807, 2.05) is 0 Å². The predicted octanol–water partition coefficient (Wildman–Crippen LogP) is 3.52. The number of hydrogen-bond donors (Lipinski definition) is 2. The molecule has 0 atom stereocenters. The number of carbonyl (C=O) groups is 2. The Bertz CT molecular complexity index is 1010. The van der Waals surface area contributed by atoms with Gasteiger partial charge in [-0.3, -0.25) is 9.59 Å². The Balaban J connectivity index is 1.50. The fraction of sp³-hybridized carbons (Fsp3) is 0.105. The predicted molar refractivity (Wildman–Crippen MR) is 99.2 cm³/mol. The summed E-state index contributed by atoms with van der Waals surface area (Å²) in [6.07, 6.45) is 0.377. The lowest BCUT2D eigenvalue weighted by atomic mass is 10.2. The number of nitrogens with zero attached hydrogens (tertiary/aromatic N) is 1. The third-order valence-corrected chi connectivity index (χ3v) is 4.64. The van der Waals surface area contributed by atoms with Crippen molar-refractivity contribution in [3.05, 3.63) is 71.0 Å². The lowest BCUT2D eigenvalue weighted by Gasteiger charge is -2.07. The zero-order valence-electron chi connectivity index (χ0n) is 14.3. The number of nitrogens with one attached hydrogen (secondary N) is 2. The highest BCUT2D eigenvalue weighted by atomic mass is 32.1. The smallest absolute Gasteiger partial charge is 0.313 e. The fourth-order valence-corrected chi connectivity index (χ4v) is 3.16. The Hall–Kier alpha value is -3.20. The zero-order chi connectivity index (χ0) is 20.1. The van der Waals surface area contributed by atoms with Gasteiger partial charge in [0.2, 0.25) is 0 Å². The summed E-state index contributed by atoms with van der Waals surface area (Å²) in [5, 5.41) is 7.00. The van der Waals surface area contributed by atoms with E-state index in [0.717, 1.165) is 17.7 Å². The van der Waals surface area contributed by atoms with Crippen molar-refractivity contribution in [2.75, 3.05) is 11.9 Å². The van der Waals surface area contributed by atoms with Crippen molar-refractivity contribution in [1.82, 2.24) is 10.3 Å². The number of amides is 2. The molecule has 0 unspecified atom stereocenters. The topological polar surface area (TPSA) is 71.1 Å². The number of thiazole rings is 1. The van der Waals surface area contributed by atoms with E-state index in [4.69, 9.17) is 0 Å². The molecule has 0 fully saturated rings. The van der Waals surface area contributed by atoms with Crippen LogP contribution in [-0.2, 0) is 16.0 Å². The Morgan fingerprint density at radius 1 is 0.964 bits per heavy atom. The van der Waals surface area contributed by atoms with Crippen LogP contribution in [0, 0.1) is 17.5 Å². The summed E-state index contributed by atoms with van der Waals surface area (Å²) in [7, 11) is 0. The van der Waals surface area contributed by atoms with Crippen molar-refractivity contribution >= 4 is 28.8 Å². The second-order valence-electron chi connectivity index (χ2n) is 5.74. The van der Waals surface area contributed by atoms with Crippen molar-refractivity contribution < 1.29 is 22.8 Å². The van der Waals surface area contributed by atoms with Gasteiger partial charge in [-0.1, -0.05) is 0 Å². The van der Waals surface area contributed by atoms with Crippen LogP contribution in [-0.4, -0.2) is 23.3 Å². The van der Waals surface area contributed by atoms with Crippen molar-refractivity contribution in [1.29, 1.82) is 0 Å². The summed E-state index contributed by atoms with van der Waals surface area (Å²) in [6.45, 7) is 0.144. The van der Waals surface area contributed by atoms with Gasteiger partial charge in [0.05, 0.1) is 11.4 Å². The van der Waals surface area contributed by atoms with E-state index in [1.54, 1.807) is 17.5 Å². The molecule has 0 saturated heterocycles. The van der Waals surface area contributed by atoms with Gasteiger partial charge < -0.3 is 10.6 Å². The molecular weight excluding hydrogens is 391 g/mol. The minimum absolute atomic E-state index is 0.144. The third kappa shape index (κ3) is 4.95. The summed E-state index contributed by atoms with van der Waals surface area (Å²) in [5.41, 5.74) is 1.20. The summed E-state index contributed by atoms with van der Waals surface area (Å²) in [4.78, 5) is 28.0. The number of benzene rings is 2. The number of anilines is 1. The van der Waals surface area contributed by atoms with Crippen molar-refractivity contribution in [2.24, 2.45) is 0 Å². The van der Waals surface area contributed by atoms with E-state index in [-0.39, 0.29) is 18.0 Å². The summed E-state index contributed by atoms with van der Waals surface area (Å²) in [5.74, 6) is -4.10. The first kappa shape index (κ1) is 19.6. The maximum absolute atomic E-state index is 13.5. The molecule has 144 valence electrons. The Morgan fingerprint density at radius 3 is 2.39 bits per heavy atom. The van der Waals surface area contributed by atoms with Crippen LogP contribution >= 0.6 is 11.3 Å². The number of rotatable bonds is 5. The van der Waals surface area contributed by atoms with Crippen LogP contribution in [0.4, 0.5) is 18.9 Å². The Morgan fingerprint density at radius 2 is 1.68 bits per heavy atom. The standard InChI is InChI=1S/C19H14F3N3O2S/c20-12-3-1-11(2-4-12)19-24-14(10-28-19)7-8-23-17(26)18(27)25-16-6-5-13(21)9-15(16)22/h1-6,9-10H,7-8H2,(H,23,26)(H,25,27). The quantitative estimate of drug-likeness (QED) is 0.638. The van der Waals surface area contributed by atoms with Crippen LogP contribution in [0.15, 0.2) is 47.8 Å². The first-order valence-corrected chi connectivity index (χ1v) is 9.05. The van der Waals surface area contributed by atoms with Crippen LogP contribution in [0.5, 0.6) is 0 Å². The first-order valence-electron chi connectivity index (χ1n) is 8.17. The van der Waals surface area contributed by atoms with Gasteiger partial charge in [-0.2, -0.15) is 0 Å². The van der Waals surface area contributed by atoms with Crippen molar-refractivity contribution in [3.8, 4) is 10.6 Å². The molecule has 2 N–H and O–H groups in total. The highest BCUT2D eigenvalue weighted by Gasteiger charge is 2.16. The van der Waals surface area contributed by atoms with Crippen LogP contribution in [0.25, 0.3) is 10.6 Å². The van der Waals surface area contributed by atoms with E-state index >= 15 is 0 Å². The lowest BCUT2D eigenvalue weighted by molar-refractivity contribution is -0.136. The molecular formula is C19H14F3N3O2S. The minimum atomic E-state index is -1.06. The number of hydrogen-bond acceptors (Lipinski definition) is 4. The van der Waals surface area contributed by atoms with E-state index in [2.05, 4.69) is 15.6 Å². The molecule has 2 amide bonds. The van der Waals surface area contributed by atoms with Gasteiger partial charge >= 0.3 is 11.8 Å². The van der Waals surface area contributed by atoms with Crippen LogP contribution in [0.1, 0.15) is 5.69 Å². The SMILES string of the molecule is O=C(NCCc1csc(-c2ccc(F)cc2)n1)C(=O)Nc1ccc(F)cc1F. The van der Waals surface area contributed by atoms with Crippen LogP contribution < -0.4 is 10.6 Å². The van der Waals surface area contributed by atoms with Gasteiger partial charge in [0.25, 0.3) is 0 Å². The molecule has 0 aliphatic heterocycles. The molecule has 0 bridgehead atoms. The molecule has 3 aromatic rings. The van der Waals surface area contributed by atoms with Gasteiger partial charge in [-0.05, 0) is 36.4 Å². The molecule has 0 radical (unpaired) electrons. The monoisotopic (exact) mass is 405 g/mol. The normalized spacial score (nSPS) is 10.5. The number of aromatic nitrogens is 1. The van der Waals surface area contributed by atoms with Gasteiger partial charge in [0.1, 0.15) is 22.5 Å². The van der Waals surface area contributed by atoms with Crippen LogP contribution in [0.2, 0.25) is 0 Å². The van der Waals surface area contributed by atoms with Crippen molar-refractivity contribution in [3.63, 3.8) is 0 Å². The molecule has 5 nitrogen and oxygen atoms in total. The molecule has 0 saturated carbocycles. The van der Waals surface area contributed by atoms with Crippen molar-refractivity contribution in [2.45, 2.75) is 6.42 Å². The molecule has 0 aliphatic carbocycles. The number of halogens is 3. The van der Waals surface area contributed by atoms with E-state index in [1.165, 1.54) is 23.5 Å². The molecule has 28 heavy (non-hydrogen) atoms. The minimum Gasteiger partial charge on any atom is -0.347 e. The zero-order valence-corrected chi connectivity index (χ0v) is 15.2. The second kappa shape index (κ2) is 8.66.